The molecule has 0 heterocycles. The van der Waals surface area contributed by atoms with E-state index >= 15 is 0 Å². The van der Waals surface area contributed by atoms with Gasteiger partial charge < -0.3 is 5.73 Å². The Morgan fingerprint density at radius 1 is 1.57 bits per heavy atom. The Bertz CT molecular complexity index is 327. The molecule has 0 unspecified atom stereocenters. The predicted octanol–water partition coefficient (Wildman–Crippen LogP) is 3.24. The second-order valence-electron chi connectivity index (χ2n) is 3.42. The molecule has 1 aliphatic rings. The molecule has 14 heavy (non-hydrogen) atoms. The third-order valence-electron chi connectivity index (χ3n) is 2.23. The lowest BCUT2D eigenvalue weighted by Gasteiger charge is -2.09. The van der Waals surface area contributed by atoms with Crippen molar-refractivity contribution in [2.24, 2.45) is 5.73 Å². The average molecular weight is 187 g/mol. The van der Waals surface area contributed by atoms with E-state index in [2.05, 4.69) is 37.8 Å². The summed E-state index contributed by atoms with van der Waals surface area (Å²) in [7, 11) is 0. The van der Waals surface area contributed by atoms with E-state index in [4.69, 9.17) is 5.73 Å². The highest BCUT2D eigenvalue weighted by molar-refractivity contribution is 5.41. The highest BCUT2D eigenvalue weighted by Gasteiger charge is 2.01. The van der Waals surface area contributed by atoms with Gasteiger partial charge in [0.2, 0.25) is 0 Å². The first kappa shape index (κ1) is 10.6. The summed E-state index contributed by atoms with van der Waals surface area (Å²) in [5.41, 5.74) is 8.90. The lowest BCUT2D eigenvalue weighted by Crippen LogP contribution is -1.89. The zero-order valence-electron chi connectivity index (χ0n) is 8.66. The van der Waals surface area contributed by atoms with E-state index in [1.54, 1.807) is 0 Å². The van der Waals surface area contributed by atoms with E-state index in [1.807, 2.05) is 6.08 Å². The number of hydrogen-bond donors (Lipinski definition) is 1. The Labute approximate surface area is 86.0 Å². The minimum atomic E-state index is 0.945. The molecule has 1 rings (SSSR count). The van der Waals surface area contributed by atoms with Gasteiger partial charge in [-0.15, -0.1) is 0 Å². The molecule has 74 valence electrons. The molecule has 1 heteroatoms. The maximum Gasteiger partial charge on any atom is -0.00566 e. The number of allylic oxidation sites excluding steroid dienone is 8. The normalized spacial score (nSPS) is 17.2. The van der Waals surface area contributed by atoms with Crippen molar-refractivity contribution >= 4 is 0 Å². The third-order valence-corrected chi connectivity index (χ3v) is 2.23. The SMILES string of the molecule is C=C(/C=C\N)/C=C(\C)C1=CC=CCC1. The van der Waals surface area contributed by atoms with Crippen molar-refractivity contribution in [3.63, 3.8) is 0 Å². The quantitative estimate of drug-likeness (QED) is 0.674. The molecule has 0 aliphatic heterocycles. The molecular weight excluding hydrogens is 170 g/mol. The molecule has 0 atom stereocenters. The van der Waals surface area contributed by atoms with E-state index in [9.17, 15) is 0 Å². The molecule has 0 fully saturated rings. The number of rotatable bonds is 3. The highest BCUT2D eigenvalue weighted by atomic mass is 14.5. The Morgan fingerprint density at radius 3 is 2.93 bits per heavy atom. The Balaban J connectivity index is 2.73. The second kappa shape index (κ2) is 5.28. The zero-order valence-corrected chi connectivity index (χ0v) is 8.66. The van der Waals surface area contributed by atoms with E-state index < -0.39 is 0 Å². The summed E-state index contributed by atoms with van der Waals surface area (Å²) in [6.45, 7) is 6.00. The zero-order chi connectivity index (χ0) is 10.4. The van der Waals surface area contributed by atoms with Crippen LogP contribution in [0.4, 0.5) is 0 Å². The summed E-state index contributed by atoms with van der Waals surface area (Å²) in [4.78, 5) is 0. The molecule has 0 amide bonds. The number of nitrogens with two attached hydrogens (primary N) is 1. The van der Waals surface area contributed by atoms with Crippen LogP contribution in [0.25, 0.3) is 0 Å². The van der Waals surface area contributed by atoms with Crippen LogP contribution in [-0.4, -0.2) is 0 Å². The van der Waals surface area contributed by atoms with Crippen molar-refractivity contribution in [3.05, 3.63) is 59.9 Å². The largest absolute Gasteiger partial charge is 0.405 e. The molecule has 0 saturated heterocycles. The van der Waals surface area contributed by atoms with Gasteiger partial charge in [-0.25, -0.2) is 0 Å². The molecule has 0 aromatic carbocycles. The highest BCUT2D eigenvalue weighted by Crippen LogP contribution is 2.20. The molecule has 1 aliphatic carbocycles. The average Bonchev–Trinajstić information content (AvgIpc) is 2.19. The lowest BCUT2D eigenvalue weighted by atomic mass is 9.97. The molecule has 0 saturated carbocycles. The predicted molar refractivity (Wildman–Crippen MR) is 62.7 cm³/mol. The van der Waals surface area contributed by atoms with Crippen molar-refractivity contribution in [1.82, 2.24) is 0 Å². The molecule has 1 nitrogen and oxygen atoms in total. The van der Waals surface area contributed by atoms with Crippen molar-refractivity contribution in [3.8, 4) is 0 Å². The van der Waals surface area contributed by atoms with E-state index in [0.717, 1.165) is 18.4 Å². The molecule has 0 aromatic heterocycles. The molecule has 0 aromatic rings. The monoisotopic (exact) mass is 187 g/mol. The van der Waals surface area contributed by atoms with Gasteiger partial charge in [0.15, 0.2) is 0 Å². The summed E-state index contributed by atoms with van der Waals surface area (Å²) in [5.74, 6) is 0. The Morgan fingerprint density at radius 2 is 2.36 bits per heavy atom. The van der Waals surface area contributed by atoms with Crippen LogP contribution < -0.4 is 5.73 Å². The minimum absolute atomic E-state index is 0.945. The summed E-state index contributed by atoms with van der Waals surface area (Å²) < 4.78 is 0. The maximum atomic E-state index is 5.29. The van der Waals surface area contributed by atoms with Crippen LogP contribution in [0.2, 0.25) is 0 Å². The van der Waals surface area contributed by atoms with Crippen molar-refractivity contribution in [2.75, 3.05) is 0 Å². The van der Waals surface area contributed by atoms with E-state index in [1.165, 1.54) is 17.3 Å². The first-order chi connectivity index (χ1) is 6.74. The molecule has 0 spiro atoms. The van der Waals surface area contributed by atoms with Crippen LogP contribution in [0.5, 0.6) is 0 Å². The van der Waals surface area contributed by atoms with E-state index in [0.29, 0.717) is 0 Å². The van der Waals surface area contributed by atoms with Gasteiger partial charge in [-0.05, 0) is 48.8 Å². The standard InChI is InChI=1S/C13H17N/c1-11(8-9-14)10-12(2)13-6-4-3-5-7-13/h3-4,6,8-10H,1,5,7,14H2,2H3/b9-8-,12-10+. The topological polar surface area (TPSA) is 26.0 Å². The Kier molecular flexibility index (Phi) is 3.99. The van der Waals surface area contributed by atoms with E-state index in [-0.39, 0.29) is 0 Å². The smallest absolute Gasteiger partial charge is 0.00566 e. The molecule has 0 radical (unpaired) electrons. The fourth-order valence-electron chi connectivity index (χ4n) is 1.47. The van der Waals surface area contributed by atoms with Gasteiger partial charge in [0.25, 0.3) is 0 Å². The van der Waals surface area contributed by atoms with Gasteiger partial charge in [-0.3, -0.25) is 0 Å². The molecule has 0 bridgehead atoms. The van der Waals surface area contributed by atoms with Crippen LogP contribution in [-0.2, 0) is 0 Å². The van der Waals surface area contributed by atoms with Gasteiger partial charge in [-0.2, -0.15) is 0 Å². The van der Waals surface area contributed by atoms with Crippen LogP contribution in [0.15, 0.2) is 59.9 Å². The first-order valence-corrected chi connectivity index (χ1v) is 4.85. The van der Waals surface area contributed by atoms with Crippen LogP contribution >= 0.6 is 0 Å². The molecule has 2 N–H and O–H groups in total. The summed E-state index contributed by atoms with van der Waals surface area (Å²) >= 11 is 0. The second-order valence-corrected chi connectivity index (χ2v) is 3.42. The summed E-state index contributed by atoms with van der Waals surface area (Å²) in [5, 5.41) is 0. The third kappa shape index (κ3) is 3.09. The maximum absolute atomic E-state index is 5.29. The molecular formula is C13H17N. The van der Waals surface area contributed by atoms with Gasteiger partial charge >= 0.3 is 0 Å². The van der Waals surface area contributed by atoms with Gasteiger partial charge in [0, 0.05) is 0 Å². The van der Waals surface area contributed by atoms with Gasteiger partial charge in [0.05, 0.1) is 0 Å². The van der Waals surface area contributed by atoms with Gasteiger partial charge in [0.1, 0.15) is 0 Å². The minimum Gasteiger partial charge on any atom is -0.405 e. The van der Waals surface area contributed by atoms with Gasteiger partial charge in [-0.1, -0.05) is 30.9 Å². The first-order valence-electron chi connectivity index (χ1n) is 4.85. The van der Waals surface area contributed by atoms with Crippen molar-refractivity contribution in [1.29, 1.82) is 0 Å². The van der Waals surface area contributed by atoms with Crippen LogP contribution in [0.1, 0.15) is 19.8 Å². The van der Waals surface area contributed by atoms with Crippen LogP contribution in [0.3, 0.4) is 0 Å². The van der Waals surface area contributed by atoms with Crippen molar-refractivity contribution < 1.29 is 0 Å². The summed E-state index contributed by atoms with van der Waals surface area (Å²) in [6.07, 6.45) is 14.1. The fraction of sp³-hybridized carbons (Fsp3) is 0.231. The van der Waals surface area contributed by atoms with Crippen molar-refractivity contribution in [2.45, 2.75) is 19.8 Å². The fourth-order valence-corrected chi connectivity index (χ4v) is 1.47. The summed E-state index contributed by atoms with van der Waals surface area (Å²) in [6, 6.07) is 0. The lowest BCUT2D eigenvalue weighted by molar-refractivity contribution is 0.968. The van der Waals surface area contributed by atoms with Crippen LogP contribution in [0, 0.1) is 0 Å². The number of hydrogen-bond acceptors (Lipinski definition) is 1. The Hall–Kier alpha value is -1.50.